The van der Waals surface area contributed by atoms with Crippen molar-refractivity contribution in [3.63, 3.8) is 0 Å². The zero-order chi connectivity index (χ0) is 37.9. The molecule has 9 N–H and O–H groups in total. The second-order valence-corrected chi connectivity index (χ2v) is 12.8. The number of carbonyl (C=O) groups is 5. The number of fused-ring (bicyclic) bond motifs is 2. The molecule has 0 spiro atoms. The number of hydrogen-bond donors (Lipinski definition) is 8. The van der Waals surface area contributed by atoms with Gasteiger partial charge in [-0.05, 0) is 60.2 Å². The Morgan fingerprint density at radius 3 is 1.94 bits per heavy atom. The van der Waals surface area contributed by atoms with E-state index in [9.17, 15) is 24.0 Å². The molecule has 0 bridgehead atoms. The third-order valence-electron chi connectivity index (χ3n) is 7.80. The maximum Gasteiger partial charge on any atom is 0.394 e. The van der Waals surface area contributed by atoms with E-state index in [0.29, 0.717) is 6.42 Å². The molecule has 1 fully saturated rings. The summed E-state index contributed by atoms with van der Waals surface area (Å²) in [6.07, 6.45) is 2.73. The number of benzene rings is 2. The van der Waals surface area contributed by atoms with Crippen LogP contribution in [-0.2, 0) is 25.6 Å². The summed E-state index contributed by atoms with van der Waals surface area (Å²) in [5.41, 5.74) is 9.80. The summed E-state index contributed by atoms with van der Waals surface area (Å²) in [6.45, 7) is 1.00. The molecule has 0 saturated carbocycles. The number of hydrogen-bond acceptors (Lipinski definition) is 12. The van der Waals surface area contributed by atoms with Crippen molar-refractivity contribution in [1.82, 2.24) is 4.90 Å². The van der Waals surface area contributed by atoms with Crippen LogP contribution >= 0.6 is 22.9 Å². The van der Waals surface area contributed by atoms with E-state index in [-0.39, 0.29) is 27.7 Å². The van der Waals surface area contributed by atoms with E-state index >= 15 is 0 Å². The van der Waals surface area contributed by atoms with Crippen molar-refractivity contribution in [3.05, 3.63) is 85.6 Å². The van der Waals surface area contributed by atoms with Crippen LogP contribution in [0.1, 0.15) is 44.8 Å². The maximum absolute atomic E-state index is 12.6. The van der Waals surface area contributed by atoms with E-state index < -0.39 is 49.1 Å². The number of Topliss-reactive ketones (excluding diaryl/α,β-unsaturated/α-hetero) is 1. The zero-order valence-corrected chi connectivity index (χ0v) is 28.9. The Balaban J connectivity index is 0.000000229. The van der Waals surface area contributed by atoms with E-state index in [0.717, 1.165) is 42.9 Å². The van der Waals surface area contributed by atoms with Crippen molar-refractivity contribution >= 4 is 69.4 Å². The fourth-order valence-corrected chi connectivity index (χ4v) is 5.98. The second-order valence-electron chi connectivity index (χ2n) is 11.6. The number of nitrogens with two attached hydrogens (primary N) is 1. The fraction of sp³-hybridized carbons (Fsp3) is 0.294. The van der Waals surface area contributed by atoms with Crippen LogP contribution in [0.2, 0.25) is 5.02 Å². The quantitative estimate of drug-likeness (QED) is 0.174. The summed E-state index contributed by atoms with van der Waals surface area (Å²) in [6, 6.07) is 14.4. The van der Waals surface area contributed by atoms with Gasteiger partial charge < -0.3 is 46.8 Å². The molecule has 0 radical (unpaired) electrons. The summed E-state index contributed by atoms with van der Waals surface area (Å²) in [4.78, 5) is 59.0. The van der Waals surface area contributed by atoms with Gasteiger partial charge in [-0.1, -0.05) is 41.4 Å². The van der Waals surface area contributed by atoms with Gasteiger partial charge in [0.05, 0.1) is 58.3 Å². The lowest BCUT2D eigenvalue weighted by Crippen LogP contribution is -2.50. The Morgan fingerprint density at radius 2 is 1.47 bits per heavy atom. The van der Waals surface area contributed by atoms with Crippen LogP contribution in [0.25, 0.3) is 5.57 Å². The number of rotatable bonds is 5. The number of anilines is 2. The first kappa shape index (κ1) is 40.4. The van der Waals surface area contributed by atoms with Crippen molar-refractivity contribution in [2.24, 2.45) is 5.73 Å². The SMILES string of the molecule is CN1CCC(=C2c3ccccc3CC(=O)c3sccc32)CC1.N#Cc1cc(NC(=O)C(=O)O)c(Cl)c(NC(=O)C(=O)O)c1.NC(CO)(CO)CO. The van der Waals surface area contributed by atoms with Gasteiger partial charge in [0, 0.05) is 25.1 Å². The van der Waals surface area contributed by atoms with Gasteiger partial charge in [-0.15, -0.1) is 11.3 Å². The molecular weight excluding hydrogens is 706 g/mol. The number of halogens is 1. The van der Waals surface area contributed by atoms with Crippen molar-refractivity contribution < 1.29 is 49.5 Å². The molecule has 0 unspecified atom stereocenters. The predicted octanol–water partition coefficient (Wildman–Crippen LogP) is 1.93. The highest BCUT2D eigenvalue weighted by Crippen LogP contribution is 2.40. The average Bonchev–Trinajstić information content (AvgIpc) is 3.57. The number of carboxylic acid groups (broad SMARTS) is 2. The largest absolute Gasteiger partial charge is 0.474 e. The van der Waals surface area contributed by atoms with Gasteiger partial charge in [0.1, 0.15) is 0 Å². The topological polar surface area (TPSA) is 264 Å². The fourth-order valence-electron chi connectivity index (χ4n) is 4.93. The van der Waals surface area contributed by atoms with E-state index in [1.807, 2.05) is 16.7 Å². The van der Waals surface area contributed by atoms with E-state index in [1.165, 1.54) is 27.8 Å². The number of aliphatic hydroxyl groups excluding tert-OH is 3. The molecule has 15 nitrogen and oxygen atoms in total. The number of aliphatic hydroxyl groups is 3. The number of aliphatic carboxylic acids is 2. The molecule has 3 aromatic rings. The third-order valence-corrected chi connectivity index (χ3v) is 9.16. The molecule has 270 valence electrons. The predicted molar refractivity (Wildman–Crippen MR) is 188 cm³/mol. The molecule has 51 heavy (non-hydrogen) atoms. The Morgan fingerprint density at radius 1 is 0.941 bits per heavy atom. The first-order valence-corrected chi connectivity index (χ1v) is 16.5. The van der Waals surface area contributed by atoms with Crippen molar-refractivity contribution in [1.29, 1.82) is 5.26 Å². The minimum Gasteiger partial charge on any atom is -0.474 e. The van der Waals surface area contributed by atoms with Crippen molar-refractivity contribution in [2.75, 3.05) is 50.6 Å². The number of ketones is 1. The molecule has 17 heteroatoms. The standard InChI is InChI=1S/C19H19NOS.C11H6ClN3O6.C4H11NO3/c1-20-9-6-13(7-10-20)18-15-5-3-2-4-14(15)12-17(21)19-16(18)8-11-22-19;12-7-5(14-8(16)10(18)19)1-4(3-13)2-6(7)15-9(17)11(20)21;5-4(1-6,2-7)3-8/h2-5,8,11H,6-7,9-10,12H2,1H3;1-2H,(H,14,16)(H,15,17)(H,18,19)(H,20,21);6-8H,1-3,5H2. The first-order valence-electron chi connectivity index (χ1n) is 15.2. The van der Waals surface area contributed by atoms with Crippen molar-refractivity contribution in [2.45, 2.75) is 24.8 Å². The van der Waals surface area contributed by atoms with Gasteiger partial charge >= 0.3 is 23.8 Å². The second kappa shape index (κ2) is 18.3. The Labute approximate surface area is 301 Å². The third kappa shape index (κ3) is 10.5. The van der Waals surface area contributed by atoms with Crippen LogP contribution in [0.5, 0.6) is 0 Å². The molecule has 2 heterocycles. The highest BCUT2D eigenvalue weighted by Gasteiger charge is 2.27. The first-order chi connectivity index (χ1) is 24.2. The zero-order valence-electron chi connectivity index (χ0n) is 27.3. The van der Waals surface area contributed by atoms with Crippen molar-refractivity contribution in [3.8, 4) is 6.07 Å². The van der Waals surface area contributed by atoms with Crippen LogP contribution < -0.4 is 16.4 Å². The summed E-state index contributed by atoms with van der Waals surface area (Å²) in [5, 5.41) is 56.3. The molecule has 2 aromatic carbocycles. The van der Waals surface area contributed by atoms with Gasteiger partial charge in [-0.3, -0.25) is 14.4 Å². The van der Waals surface area contributed by atoms with Gasteiger partial charge in [-0.2, -0.15) is 5.26 Å². The smallest absolute Gasteiger partial charge is 0.394 e. The summed E-state index contributed by atoms with van der Waals surface area (Å²) >= 11 is 7.40. The number of thiophene rings is 1. The minimum atomic E-state index is -1.79. The highest BCUT2D eigenvalue weighted by molar-refractivity contribution is 7.12. The van der Waals surface area contributed by atoms with E-state index in [2.05, 4.69) is 41.6 Å². The summed E-state index contributed by atoms with van der Waals surface area (Å²) < 4.78 is 0. The molecule has 2 amide bonds. The lowest BCUT2D eigenvalue weighted by atomic mass is 9.88. The van der Waals surface area contributed by atoms with Crippen LogP contribution in [0, 0.1) is 11.3 Å². The lowest BCUT2D eigenvalue weighted by Gasteiger charge is -2.27. The van der Waals surface area contributed by atoms with Crippen LogP contribution in [0.3, 0.4) is 0 Å². The average molecular weight is 742 g/mol. The molecule has 0 atom stereocenters. The summed E-state index contributed by atoms with van der Waals surface area (Å²) in [5.74, 6) is -6.14. The number of likely N-dealkylation sites (tertiary alicyclic amines) is 1. The van der Waals surface area contributed by atoms with Gasteiger partial charge in [-0.25, -0.2) is 9.59 Å². The Bertz CT molecular complexity index is 1820. The number of carbonyl (C=O) groups excluding carboxylic acids is 3. The van der Waals surface area contributed by atoms with Gasteiger partial charge in [0.25, 0.3) is 0 Å². The number of nitrogens with one attached hydrogen (secondary N) is 2. The molecule has 1 saturated heterocycles. The van der Waals surface area contributed by atoms with E-state index in [4.69, 9.17) is 48.1 Å². The minimum absolute atomic E-state index is 0.0826. The van der Waals surface area contributed by atoms with Crippen LogP contribution in [-0.4, -0.2) is 105 Å². The molecule has 1 aliphatic heterocycles. The number of amides is 2. The molecule has 1 aromatic heterocycles. The number of nitrogens with zero attached hydrogens (tertiary/aromatic N) is 2. The lowest BCUT2D eigenvalue weighted by molar-refractivity contribution is -0.147. The normalized spacial score (nSPS) is 13.9. The van der Waals surface area contributed by atoms with Gasteiger partial charge in [0.2, 0.25) is 0 Å². The number of carboxylic acids is 2. The summed E-state index contributed by atoms with van der Waals surface area (Å²) in [7, 11) is 2.18. The monoisotopic (exact) mass is 741 g/mol. The van der Waals surface area contributed by atoms with Crippen LogP contribution in [0.4, 0.5) is 11.4 Å². The molecule has 5 rings (SSSR count). The molecule has 2 aliphatic rings. The van der Waals surface area contributed by atoms with Gasteiger partial charge in [0.15, 0.2) is 5.78 Å². The number of piperidine rings is 1. The highest BCUT2D eigenvalue weighted by atomic mass is 35.5. The number of nitriles is 1. The Kier molecular flexibility index (Phi) is 14.5. The van der Waals surface area contributed by atoms with E-state index in [1.54, 1.807) is 17.4 Å². The molecule has 1 aliphatic carbocycles. The molecular formula is C34H36ClN5O10S. The Hall–Kier alpha value is -4.99. The van der Waals surface area contributed by atoms with Crippen LogP contribution in [0.15, 0.2) is 53.4 Å². The maximum atomic E-state index is 12.6.